The SMILES string of the molecule is CCCc1cc(=O)[nH]c(SCC(=O)NC(=O)NC2CCCCC2)n1. The molecule has 132 valence electrons. The van der Waals surface area contributed by atoms with Gasteiger partial charge in [0.2, 0.25) is 5.91 Å². The summed E-state index contributed by atoms with van der Waals surface area (Å²) in [5, 5.41) is 5.55. The Morgan fingerprint density at radius 3 is 2.79 bits per heavy atom. The molecule has 7 nitrogen and oxygen atoms in total. The number of aryl methyl sites for hydroxylation is 1. The summed E-state index contributed by atoms with van der Waals surface area (Å²) in [6.45, 7) is 2.01. The second-order valence-electron chi connectivity index (χ2n) is 5.94. The topological polar surface area (TPSA) is 104 Å². The van der Waals surface area contributed by atoms with Crippen molar-refractivity contribution in [3.05, 3.63) is 22.1 Å². The van der Waals surface area contributed by atoms with Crippen LogP contribution in [0.3, 0.4) is 0 Å². The van der Waals surface area contributed by atoms with Gasteiger partial charge in [-0.3, -0.25) is 14.9 Å². The Morgan fingerprint density at radius 2 is 2.08 bits per heavy atom. The molecule has 1 aromatic rings. The number of hydrogen-bond donors (Lipinski definition) is 3. The van der Waals surface area contributed by atoms with E-state index in [0.717, 1.165) is 43.9 Å². The summed E-state index contributed by atoms with van der Waals surface area (Å²) in [5.74, 6) is -0.381. The minimum atomic E-state index is -0.450. The van der Waals surface area contributed by atoms with E-state index in [0.29, 0.717) is 17.3 Å². The van der Waals surface area contributed by atoms with E-state index in [-0.39, 0.29) is 17.4 Å². The Labute approximate surface area is 145 Å². The number of nitrogens with one attached hydrogen (secondary N) is 3. The molecule has 0 bridgehead atoms. The van der Waals surface area contributed by atoms with Gasteiger partial charge in [-0.1, -0.05) is 44.4 Å². The lowest BCUT2D eigenvalue weighted by molar-refractivity contribution is -0.117. The lowest BCUT2D eigenvalue weighted by Gasteiger charge is -2.22. The normalized spacial score (nSPS) is 15.0. The van der Waals surface area contributed by atoms with Gasteiger partial charge in [0.05, 0.1) is 5.75 Å². The van der Waals surface area contributed by atoms with Gasteiger partial charge in [-0.25, -0.2) is 9.78 Å². The molecule has 0 radical (unpaired) electrons. The van der Waals surface area contributed by atoms with Crippen molar-refractivity contribution >= 4 is 23.7 Å². The van der Waals surface area contributed by atoms with E-state index in [2.05, 4.69) is 20.6 Å². The second-order valence-corrected chi connectivity index (χ2v) is 6.90. The van der Waals surface area contributed by atoms with Crippen molar-refractivity contribution in [1.82, 2.24) is 20.6 Å². The van der Waals surface area contributed by atoms with Gasteiger partial charge in [-0.2, -0.15) is 0 Å². The van der Waals surface area contributed by atoms with Crippen LogP contribution in [-0.4, -0.2) is 33.7 Å². The number of H-pyrrole nitrogens is 1. The molecule has 3 amide bonds. The Bertz CT molecular complexity index is 626. The van der Waals surface area contributed by atoms with Gasteiger partial charge >= 0.3 is 6.03 Å². The number of amides is 3. The molecule has 0 aliphatic heterocycles. The third kappa shape index (κ3) is 6.35. The summed E-state index contributed by atoms with van der Waals surface area (Å²) in [7, 11) is 0. The van der Waals surface area contributed by atoms with E-state index in [4.69, 9.17) is 0 Å². The first-order chi connectivity index (χ1) is 11.6. The number of urea groups is 1. The second kappa shape index (κ2) is 9.46. The fourth-order valence-electron chi connectivity index (χ4n) is 2.70. The first-order valence-electron chi connectivity index (χ1n) is 8.40. The predicted molar refractivity (Wildman–Crippen MR) is 93.1 cm³/mol. The predicted octanol–water partition coefficient (Wildman–Crippen LogP) is 1.97. The number of carbonyl (C=O) groups is 2. The molecule has 0 spiro atoms. The van der Waals surface area contributed by atoms with Crippen molar-refractivity contribution in [3.8, 4) is 0 Å². The highest BCUT2D eigenvalue weighted by Gasteiger charge is 2.17. The zero-order valence-corrected chi connectivity index (χ0v) is 14.7. The molecule has 0 atom stereocenters. The summed E-state index contributed by atoms with van der Waals surface area (Å²) in [4.78, 5) is 42.1. The van der Waals surface area contributed by atoms with Crippen molar-refractivity contribution in [3.63, 3.8) is 0 Å². The largest absolute Gasteiger partial charge is 0.335 e. The lowest BCUT2D eigenvalue weighted by atomic mass is 9.96. The summed E-state index contributed by atoms with van der Waals surface area (Å²) >= 11 is 1.11. The molecule has 0 unspecified atom stereocenters. The zero-order chi connectivity index (χ0) is 17.4. The van der Waals surface area contributed by atoms with Crippen LogP contribution < -0.4 is 16.2 Å². The van der Waals surface area contributed by atoms with Gasteiger partial charge < -0.3 is 10.3 Å². The molecule has 8 heteroatoms. The standard InChI is InChI=1S/C16H24N4O3S/c1-2-6-12-9-13(21)20-16(18-12)24-10-14(22)19-15(23)17-11-7-4-3-5-8-11/h9,11H,2-8,10H2,1H3,(H,18,20,21)(H2,17,19,22,23). The molecule has 1 aromatic heterocycles. The summed E-state index contributed by atoms with van der Waals surface area (Å²) in [6.07, 6.45) is 6.97. The van der Waals surface area contributed by atoms with E-state index in [1.165, 1.54) is 12.5 Å². The minimum absolute atomic E-state index is 0.0244. The van der Waals surface area contributed by atoms with Gasteiger partial charge in [-0.05, 0) is 19.3 Å². The van der Waals surface area contributed by atoms with Gasteiger partial charge in [0, 0.05) is 17.8 Å². The van der Waals surface area contributed by atoms with Crippen molar-refractivity contribution in [2.75, 3.05) is 5.75 Å². The van der Waals surface area contributed by atoms with Crippen LogP contribution in [0.25, 0.3) is 0 Å². The molecule has 1 fully saturated rings. The van der Waals surface area contributed by atoms with Crippen LogP contribution in [0.5, 0.6) is 0 Å². The Morgan fingerprint density at radius 1 is 1.33 bits per heavy atom. The maximum atomic E-state index is 11.9. The van der Waals surface area contributed by atoms with E-state index in [1.54, 1.807) is 0 Å². The molecule has 24 heavy (non-hydrogen) atoms. The molecular formula is C16H24N4O3S. The van der Waals surface area contributed by atoms with Gasteiger partial charge in [0.25, 0.3) is 5.56 Å². The Kier molecular flexibility index (Phi) is 7.30. The Balaban J connectivity index is 1.78. The number of aromatic nitrogens is 2. The highest BCUT2D eigenvalue weighted by Crippen LogP contribution is 2.17. The summed E-state index contributed by atoms with van der Waals surface area (Å²) < 4.78 is 0. The van der Waals surface area contributed by atoms with E-state index in [1.807, 2.05) is 6.92 Å². The number of hydrogen-bond acceptors (Lipinski definition) is 5. The average Bonchev–Trinajstić information content (AvgIpc) is 2.53. The maximum absolute atomic E-state index is 11.9. The van der Waals surface area contributed by atoms with Gasteiger partial charge in [0.15, 0.2) is 5.16 Å². The van der Waals surface area contributed by atoms with Crippen LogP contribution >= 0.6 is 11.8 Å². The summed E-state index contributed by atoms with van der Waals surface area (Å²) in [6, 6.07) is 1.17. The minimum Gasteiger partial charge on any atom is -0.335 e. The fourth-order valence-corrected chi connectivity index (χ4v) is 3.40. The van der Waals surface area contributed by atoms with Crippen LogP contribution in [0.2, 0.25) is 0 Å². The highest BCUT2D eigenvalue weighted by molar-refractivity contribution is 7.99. The maximum Gasteiger partial charge on any atom is 0.321 e. The third-order valence-electron chi connectivity index (χ3n) is 3.81. The number of aromatic amines is 1. The molecule has 1 aliphatic rings. The number of nitrogens with zero attached hydrogens (tertiary/aromatic N) is 1. The van der Waals surface area contributed by atoms with Crippen molar-refractivity contribution in [2.24, 2.45) is 0 Å². The fraction of sp³-hybridized carbons (Fsp3) is 0.625. The van der Waals surface area contributed by atoms with Crippen LogP contribution in [0.15, 0.2) is 16.0 Å². The quantitative estimate of drug-likeness (QED) is 0.536. The van der Waals surface area contributed by atoms with Crippen LogP contribution in [0, 0.1) is 0 Å². The molecular weight excluding hydrogens is 328 g/mol. The van der Waals surface area contributed by atoms with Crippen molar-refractivity contribution < 1.29 is 9.59 Å². The molecule has 1 aliphatic carbocycles. The number of imide groups is 1. The molecule has 3 N–H and O–H groups in total. The highest BCUT2D eigenvalue weighted by atomic mass is 32.2. The molecule has 1 heterocycles. The van der Waals surface area contributed by atoms with E-state index >= 15 is 0 Å². The lowest BCUT2D eigenvalue weighted by Crippen LogP contribution is -2.45. The number of carbonyl (C=O) groups excluding carboxylic acids is 2. The first-order valence-corrected chi connectivity index (χ1v) is 9.38. The molecule has 2 rings (SSSR count). The Hall–Kier alpha value is -1.83. The first kappa shape index (κ1) is 18.5. The van der Waals surface area contributed by atoms with Crippen LogP contribution in [-0.2, 0) is 11.2 Å². The van der Waals surface area contributed by atoms with Gasteiger partial charge in [0.1, 0.15) is 0 Å². The monoisotopic (exact) mass is 352 g/mol. The van der Waals surface area contributed by atoms with E-state index < -0.39 is 11.9 Å². The van der Waals surface area contributed by atoms with Gasteiger partial charge in [-0.15, -0.1) is 0 Å². The summed E-state index contributed by atoms with van der Waals surface area (Å²) in [5.41, 5.74) is 0.477. The molecule has 0 aromatic carbocycles. The number of rotatable bonds is 6. The number of thioether (sulfide) groups is 1. The van der Waals surface area contributed by atoms with E-state index in [9.17, 15) is 14.4 Å². The van der Waals surface area contributed by atoms with Crippen LogP contribution in [0.4, 0.5) is 4.79 Å². The van der Waals surface area contributed by atoms with Crippen molar-refractivity contribution in [2.45, 2.75) is 63.1 Å². The zero-order valence-electron chi connectivity index (χ0n) is 13.9. The van der Waals surface area contributed by atoms with Crippen molar-refractivity contribution in [1.29, 1.82) is 0 Å². The van der Waals surface area contributed by atoms with Crippen LogP contribution in [0.1, 0.15) is 51.1 Å². The molecule has 0 saturated heterocycles. The third-order valence-corrected chi connectivity index (χ3v) is 4.69. The average molecular weight is 352 g/mol. The smallest absolute Gasteiger partial charge is 0.321 e. The molecule has 1 saturated carbocycles.